The van der Waals surface area contributed by atoms with Gasteiger partial charge in [0.15, 0.2) is 0 Å². The molecule has 1 rings (SSSR count). The number of tetrazole rings is 1. The summed E-state index contributed by atoms with van der Waals surface area (Å²) in [4.78, 5) is 0. The molecule has 0 amide bonds. The minimum Gasteiger partial charge on any atom is -0.207 e. The van der Waals surface area contributed by atoms with Gasteiger partial charge in [0.1, 0.15) is 0 Å². The number of rotatable bonds is 2. The molecule has 0 saturated carbocycles. The summed E-state index contributed by atoms with van der Waals surface area (Å²) in [5, 5.41) is 11.0. The molecule has 4 nitrogen and oxygen atoms in total. The Balaban J connectivity index is 2.69. The molecule has 0 aliphatic rings. The van der Waals surface area contributed by atoms with E-state index < -0.39 is 0 Å². The van der Waals surface area contributed by atoms with E-state index >= 15 is 0 Å². The molecule has 0 aliphatic heterocycles. The molecule has 1 aromatic heterocycles. The summed E-state index contributed by atoms with van der Waals surface area (Å²) in [6, 6.07) is 0. The van der Waals surface area contributed by atoms with Gasteiger partial charge in [-0.2, -0.15) is 0 Å². The summed E-state index contributed by atoms with van der Waals surface area (Å²) < 4.78 is 1.57. The highest BCUT2D eigenvalue weighted by atomic mass is 32.2. The van der Waals surface area contributed by atoms with Crippen molar-refractivity contribution in [2.24, 2.45) is 0 Å². The molecule has 1 heterocycles. The lowest BCUT2D eigenvalue weighted by atomic mass is 11.2. The second-order valence-corrected chi connectivity index (χ2v) is 2.58. The zero-order valence-corrected chi connectivity index (χ0v) is 6.45. The van der Waals surface area contributed by atoms with E-state index in [1.54, 1.807) is 16.4 Å². The van der Waals surface area contributed by atoms with Crippen molar-refractivity contribution >= 4 is 24.4 Å². The highest BCUT2D eigenvalue weighted by Gasteiger charge is 1.97. The topological polar surface area (TPSA) is 43.6 Å². The Labute approximate surface area is 62.4 Å². The van der Waals surface area contributed by atoms with Crippen molar-refractivity contribution in [3.8, 4) is 0 Å². The van der Waals surface area contributed by atoms with Crippen LogP contribution in [0.15, 0.2) is 5.16 Å². The third kappa shape index (κ3) is 1.52. The molecule has 6 heteroatoms. The van der Waals surface area contributed by atoms with Crippen molar-refractivity contribution in [3.05, 3.63) is 0 Å². The monoisotopic (exact) mass is 161 g/mol. The van der Waals surface area contributed by atoms with Gasteiger partial charge in [-0.05, 0) is 29.3 Å². The van der Waals surface area contributed by atoms with E-state index in [2.05, 4.69) is 15.5 Å². The summed E-state index contributed by atoms with van der Waals surface area (Å²) in [7, 11) is 0. The number of thioether (sulfide) groups is 1. The van der Waals surface area contributed by atoms with Crippen molar-refractivity contribution in [2.75, 3.05) is 6.26 Å². The van der Waals surface area contributed by atoms with Crippen LogP contribution in [0.3, 0.4) is 0 Å². The lowest BCUT2D eigenvalue weighted by Crippen LogP contribution is -1.96. The predicted octanol–water partition coefficient (Wildman–Crippen LogP) is 0.550. The number of hydrogen-bond donors (Lipinski definition) is 0. The maximum atomic E-state index is 4.76. The van der Waals surface area contributed by atoms with Gasteiger partial charge < -0.3 is 0 Å². The minimum absolute atomic E-state index is 0.448. The Morgan fingerprint density at radius 2 is 2.56 bits per heavy atom. The molecule has 9 heavy (non-hydrogen) atoms. The number of nitrogens with zero attached hydrogens (tertiary/aromatic N) is 4. The van der Waals surface area contributed by atoms with E-state index in [1.165, 1.54) is 0 Å². The average Bonchev–Trinajstić information content (AvgIpc) is 2.18. The minimum atomic E-state index is 0.448. The highest BCUT2D eigenvalue weighted by Crippen LogP contribution is 2.02. The standard InChI is InChI=1S/C3H5N4S2/c1-9-2-7-3(8)4-5-6-7/h2H2,1H3. The van der Waals surface area contributed by atoms with Crippen molar-refractivity contribution in [1.82, 2.24) is 20.2 Å². The van der Waals surface area contributed by atoms with E-state index in [1.807, 2.05) is 6.26 Å². The van der Waals surface area contributed by atoms with E-state index in [-0.39, 0.29) is 0 Å². The third-order valence-electron chi connectivity index (χ3n) is 0.750. The van der Waals surface area contributed by atoms with Gasteiger partial charge in [-0.25, -0.2) is 4.68 Å². The largest absolute Gasteiger partial charge is 0.240 e. The predicted molar refractivity (Wildman–Crippen MR) is 37.2 cm³/mol. The average molecular weight is 161 g/mol. The van der Waals surface area contributed by atoms with Crippen LogP contribution in [0.1, 0.15) is 0 Å². The van der Waals surface area contributed by atoms with E-state index in [0.717, 1.165) is 5.88 Å². The van der Waals surface area contributed by atoms with Crippen molar-refractivity contribution in [1.29, 1.82) is 0 Å². The first-order chi connectivity index (χ1) is 4.34. The van der Waals surface area contributed by atoms with Gasteiger partial charge >= 0.3 is 0 Å². The molecule has 0 aliphatic carbocycles. The van der Waals surface area contributed by atoms with Crippen molar-refractivity contribution in [3.63, 3.8) is 0 Å². The van der Waals surface area contributed by atoms with Crippen LogP contribution in [-0.4, -0.2) is 26.5 Å². The molecular formula is C3H5N4S2. The molecular weight excluding hydrogens is 156 g/mol. The van der Waals surface area contributed by atoms with Crippen LogP contribution in [0.4, 0.5) is 0 Å². The van der Waals surface area contributed by atoms with Crippen molar-refractivity contribution < 1.29 is 0 Å². The Hall–Kier alpha value is -0.360. The van der Waals surface area contributed by atoms with E-state index in [0.29, 0.717) is 5.16 Å². The fraction of sp³-hybridized carbons (Fsp3) is 0.667. The molecule has 0 spiro atoms. The number of hydrogen-bond acceptors (Lipinski definition) is 4. The molecule has 0 aromatic carbocycles. The Kier molecular flexibility index (Phi) is 2.23. The lowest BCUT2D eigenvalue weighted by Gasteiger charge is -1.92. The zero-order chi connectivity index (χ0) is 6.69. The molecule has 49 valence electrons. The van der Waals surface area contributed by atoms with Gasteiger partial charge in [0, 0.05) is 0 Å². The Morgan fingerprint density at radius 1 is 1.78 bits per heavy atom. The summed E-state index contributed by atoms with van der Waals surface area (Å²) in [6.07, 6.45) is 1.97. The molecule has 0 atom stereocenters. The van der Waals surface area contributed by atoms with Crippen LogP contribution in [0, 0.1) is 0 Å². The van der Waals surface area contributed by atoms with Gasteiger partial charge in [-0.1, -0.05) is 5.10 Å². The molecule has 0 saturated heterocycles. The quantitative estimate of drug-likeness (QED) is 0.635. The van der Waals surface area contributed by atoms with Gasteiger partial charge in [-0.3, -0.25) is 0 Å². The van der Waals surface area contributed by atoms with E-state index in [9.17, 15) is 0 Å². The fourth-order valence-electron chi connectivity index (χ4n) is 0.400. The third-order valence-corrected chi connectivity index (χ3v) is 1.55. The molecule has 0 N–H and O–H groups in total. The molecule has 0 fully saturated rings. The Morgan fingerprint density at radius 3 is 3.00 bits per heavy atom. The van der Waals surface area contributed by atoms with Crippen LogP contribution < -0.4 is 0 Å². The number of aromatic nitrogens is 4. The molecule has 1 aromatic rings. The fourth-order valence-corrected chi connectivity index (χ4v) is 1.04. The van der Waals surface area contributed by atoms with E-state index in [4.69, 9.17) is 12.6 Å². The SMILES string of the molecule is CSCn1nnnc1[S]. The van der Waals surface area contributed by atoms with Gasteiger partial charge in [0.25, 0.3) is 0 Å². The molecule has 0 unspecified atom stereocenters. The van der Waals surface area contributed by atoms with Gasteiger partial charge in [0.2, 0.25) is 5.16 Å². The first kappa shape index (κ1) is 6.76. The second kappa shape index (κ2) is 2.98. The summed E-state index contributed by atoms with van der Waals surface area (Å²) in [5.74, 6) is 0.728. The van der Waals surface area contributed by atoms with Crippen molar-refractivity contribution in [2.45, 2.75) is 11.0 Å². The van der Waals surface area contributed by atoms with Crippen LogP contribution in [-0.2, 0) is 5.88 Å². The smallest absolute Gasteiger partial charge is 0.207 e. The second-order valence-electron chi connectivity index (χ2n) is 1.38. The summed E-state index contributed by atoms with van der Waals surface area (Å²) in [5.41, 5.74) is 0. The molecule has 1 radical (unpaired) electrons. The zero-order valence-electron chi connectivity index (χ0n) is 4.81. The maximum Gasteiger partial charge on any atom is 0.240 e. The van der Waals surface area contributed by atoms with Crippen LogP contribution >= 0.6 is 24.4 Å². The first-order valence-electron chi connectivity index (χ1n) is 2.26. The summed E-state index contributed by atoms with van der Waals surface area (Å²) in [6.45, 7) is 0. The highest BCUT2D eigenvalue weighted by molar-refractivity contribution is 7.97. The van der Waals surface area contributed by atoms with Crippen LogP contribution in [0.5, 0.6) is 0 Å². The Bertz CT molecular complexity index is 186. The summed E-state index contributed by atoms with van der Waals surface area (Å²) >= 11 is 6.39. The molecule has 0 bridgehead atoms. The first-order valence-corrected chi connectivity index (χ1v) is 4.07. The maximum absolute atomic E-state index is 4.76. The normalized spacial score (nSPS) is 9.89. The van der Waals surface area contributed by atoms with Gasteiger partial charge in [-0.15, -0.1) is 11.8 Å². The van der Waals surface area contributed by atoms with Crippen LogP contribution in [0.25, 0.3) is 0 Å². The van der Waals surface area contributed by atoms with Gasteiger partial charge in [0.05, 0.1) is 5.88 Å². The lowest BCUT2D eigenvalue weighted by molar-refractivity contribution is 0.654. The van der Waals surface area contributed by atoms with Crippen LogP contribution in [0.2, 0.25) is 0 Å².